The molecule has 0 aromatic heterocycles. The molecule has 3 aliphatic rings. The van der Waals surface area contributed by atoms with Gasteiger partial charge in [-0.1, -0.05) is 38.2 Å². The number of esters is 2. The second-order valence-electron chi connectivity index (χ2n) is 11.3. The lowest BCUT2D eigenvalue weighted by Gasteiger charge is -2.59. The number of carbonyl (C=O) groups is 2. The highest BCUT2D eigenvalue weighted by atomic mass is 16.5. The van der Waals surface area contributed by atoms with E-state index < -0.39 is 17.5 Å². The molecule has 4 rings (SSSR count). The first-order valence-electron chi connectivity index (χ1n) is 13.6. The van der Waals surface area contributed by atoms with Crippen LogP contribution in [0.15, 0.2) is 54.2 Å². The molecule has 0 unspecified atom stereocenters. The molecule has 0 bridgehead atoms. The summed E-state index contributed by atoms with van der Waals surface area (Å²) >= 11 is 0. The Balaban J connectivity index is 1.50. The number of aliphatic hydroxyl groups excluding tert-OH is 1. The summed E-state index contributed by atoms with van der Waals surface area (Å²) in [5.41, 5.74) is 1.52. The van der Waals surface area contributed by atoms with E-state index in [1.54, 1.807) is 24.3 Å². The summed E-state index contributed by atoms with van der Waals surface area (Å²) in [6.07, 6.45) is 11.1. The van der Waals surface area contributed by atoms with Gasteiger partial charge in [0, 0.05) is 17.4 Å². The Morgan fingerprint density at radius 1 is 1.12 bits per heavy atom. The number of hydrogen-bond acceptors (Lipinski definition) is 8. The van der Waals surface area contributed by atoms with Crippen LogP contribution in [0.5, 0.6) is 17.2 Å². The van der Waals surface area contributed by atoms with Crippen LogP contribution in [0, 0.1) is 22.7 Å². The molecule has 1 heterocycles. The van der Waals surface area contributed by atoms with Gasteiger partial charge < -0.3 is 28.8 Å². The van der Waals surface area contributed by atoms with Crippen molar-refractivity contribution in [1.82, 2.24) is 0 Å². The Hall–Kier alpha value is -3.52. The highest BCUT2D eigenvalue weighted by Crippen LogP contribution is 2.61. The summed E-state index contributed by atoms with van der Waals surface area (Å²) in [6.45, 7) is 8.99. The second kappa shape index (κ2) is 11.9. The Morgan fingerprint density at radius 2 is 1.82 bits per heavy atom. The zero-order valence-corrected chi connectivity index (χ0v) is 24.0. The van der Waals surface area contributed by atoms with Crippen LogP contribution in [-0.4, -0.2) is 57.7 Å². The molecule has 1 aromatic carbocycles. The number of rotatable bonds is 9. The third-order valence-electron chi connectivity index (χ3n) is 9.06. The topological polar surface area (TPSA) is 101 Å². The van der Waals surface area contributed by atoms with Gasteiger partial charge in [0.2, 0.25) is 5.75 Å². The molecule has 40 heavy (non-hydrogen) atoms. The lowest BCUT2D eigenvalue weighted by atomic mass is 9.46. The highest BCUT2D eigenvalue weighted by Gasteiger charge is 2.57. The van der Waals surface area contributed by atoms with Gasteiger partial charge in [-0.3, -0.25) is 0 Å². The molecule has 2 aliphatic carbocycles. The number of methoxy groups -OCH3 is 3. The minimum absolute atomic E-state index is 0.0306. The van der Waals surface area contributed by atoms with Crippen molar-refractivity contribution in [2.45, 2.75) is 45.6 Å². The molecule has 2 fully saturated rings. The predicted molar refractivity (Wildman–Crippen MR) is 151 cm³/mol. The summed E-state index contributed by atoms with van der Waals surface area (Å²) < 4.78 is 26.9. The summed E-state index contributed by atoms with van der Waals surface area (Å²) in [5.74, 6) is 0.734. The number of hydrogen-bond donors (Lipinski definition) is 1. The number of cyclic esters (lactones) is 1. The van der Waals surface area contributed by atoms with Crippen molar-refractivity contribution in [1.29, 1.82) is 0 Å². The molecule has 0 spiro atoms. The number of carbonyl (C=O) groups excluding carboxylic acids is 2. The van der Waals surface area contributed by atoms with Crippen LogP contribution in [0.25, 0.3) is 6.08 Å². The fourth-order valence-corrected chi connectivity index (χ4v) is 6.82. The molecule has 2 saturated carbocycles. The van der Waals surface area contributed by atoms with Gasteiger partial charge in [0.15, 0.2) is 11.5 Å². The molecule has 8 heteroatoms. The summed E-state index contributed by atoms with van der Waals surface area (Å²) in [7, 11) is 4.59. The average Bonchev–Trinajstić information content (AvgIpc) is 3.36. The van der Waals surface area contributed by atoms with Crippen LogP contribution >= 0.6 is 0 Å². The fraction of sp³-hybridized carbons (Fsp3) is 0.500. The van der Waals surface area contributed by atoms with Crippen molar-refractivity contribution in [3.05, 3.63) is 59.7 Å². The van der Waals surface area contributed by atoms with E-state index in [2.05, 4.69) is 19.6 Å². The normalized spacial score (nSPS) is 30.1. The van der Waals surface area contributed by atoms with Gasteiger partial charge in [0.1, 0.15) is 6.61 Å². The minimum atomic E-state index is -0.637. The number of ether oxygens (including phenoxy) is 5. The summed E-state index contributed by atoms with van der Waals surface area (Å²) in [5, 5.41) is 11.2. The molecule has 0 amide bonds. The SMILES string of the molecule is C=C1CC[C@@H]2[C@](C)(COC(=O)/C=C/c3cc(OC)c(OC)c(OC)c3)[C@H](O)CC[C@@]2(C)[C@@H]1/C=C/C1=CCOC1=O. The quantitative estimate of drug-likeness (QED) is 0.258. The van der Waals surface area contributed by atoms with Gasteiger partial charge in [-0.2, -0.15) is 0 Å². The number of allylic oxidation sites excluding steroid dienone is 2. The van der Waals surface area contributed by atoms with E-state index >= 15 is 0 Å². The van der Waals surface area contributed by atoms with Gasteiger partial charge in [-0.05, 0) is 66.9 Å². The van der Waals surface area contributed by atoms with E-state index in [4.69, 9.17) is 23.7 Å². The van der Waals surface area contributed by atoms with Crippen LogP contribution in [0.4, 0.5) is 0 Å². The van der Waals surface area contributed by atoms with Crippen molar-refractivity contribution >= 4 is 18.0 Å². The smallest absolute Gasteiger partial charge is 0.338 e. The van der Waals surface area contributed by atoms with Crippen LogP contribution in [0.3, 0.4) is 0 Å². The van der Waals surface area contributed by atoms with Crippen LogP contribution in [0.2, 0.25) is 0 Å². The number of aliphatic hydroxyl groups is 1. The molecule has 1 aliphatic heterocycles. The van der Waals surface area contributed by atoms with E-state index in [-0.39, 0.29) is 29.8 Å². The molecule has 8 nitrogen and oxygen atoms in total. The van der Waals surface area contributed by atoms with E-state index in [1.807, 2.05) is 13.0 Å². The van der Waals surface area contributed by atoms with Gasteiger partial charge in [-0.15, -0.1) is 0 Å². The van der Waals surface area contributed by atoms with Gasteiger partial charge in [-0.25, -0.2) is 9.59 Å². The zero-order chi connectivity index (χ0) is 29.1. The lowest BCUT2D eigenvalue weighted by Crippen LogP contribution is -2.57. The monoisotopic (exact) mass is 552 g/mol. The number of fused-ring (bicyclic) bond motifs is 1. The Labute approximate surface area is 236 Å². The van der Waals surface area contributed by atoms with Gasteiger partial charge in [0.05, 0.1) is 39.6 Å². The van der Waals surface area contributed by atoms with E-state index in [9.17, 15) is 14.7 Å². The molecule has 0 radical (unpaired) electrons. The first-order valence-corrected chi connectivity index (χ1v) is 13.6. The van der Waals surface area contributed by atoms with Crippen LogP contribution in [0.1, 0.15) is 45.1 Å². The van der Waals surface area contributed by atoms with Crippen LogP contribution < -0.4 is 14.2 Å². The molecule has 1 N–H and O–H groups in total. The third-order valence-corrected chi connectivity index (χ3v) is 9.06. The second-order valence-corrected chi connectivity index (χ2v) is 11.3. The van der Waals surface area contributed by atoms with Crippen molar-refractivity contribution in [3.63, 3.8) is 0 Å². The first kappa shape index (κ1) is 29.5. The maximum Gasteiger partial charge on any atom is 0.338 e. The van der Waals surface area contributed by atoms with Crippen molar-refractivity contribution < 1.29 is 38.4 Å². The van der Waals surface area contributed by atoms with Crippen LogP contribution in [-0.2, 0) is 19.1 Å². The summed E-state index contributed by atoms with van der Waals surface area (Å²) in [4.78, 5) is 24.8. The maximum absolute atomic E-state index is 12.8. The van der Waals surface area contributed by atoms with Crippen molar-refractivity contribution in [2.24, 2.45) is 22.7 Å². The predicted octanol–water partition coefficient (Wildman–Crippen LogP) is 5.06. The maximum atomic E-state index is 12.8. The molecule has 5 atom stereocenters. The van der Waals surface area contributed by atoms with E-state index in [0.29, 0.717) is 41.4 Å². The van der Waals surface area contributed by atoms with Gasteiger partial charge >= 0.3 is 11.9 Å². The fourth-order valence-electron chi connectivity index (χ4n) is 6.82. The molecular weight excluding hydrogens is 512 g/mol. The van der Waals surface area contributed by atoms with E-state index in [0.717, 1.165) is 24.8 Å². The molecule has 1 aromatic rings. The Morgan fingerprint density at radius 3 is 2.42 bits per heavy atom. The first-order chi connectivity index (χ1) is 19.1. The molecule has 0 saturated heterocycles. The van der Waals surface area contributed by atoms with Crippen molar-refractivity contribution in [3.8, 4) is 17.2 Å². The van der Waals surface area contributed by atoms with Gasteiger partial charge in [0.25, 0.3) is 0 Å². The standard InChI is InChI=1S/C32H40O8/c1-20-7-11-26-31(2,23(20)10-9-22-14-16-39-30(22)35)15-13-27(33)32(26,3)19-40-28(34)12-8-21-17-24(36-4)29(38-6)25(18-21)37-5/h8-10,12,14,17-18,23,26-27,33H,1,7,11,13,15-16,19H2,2-6H3/b10-9+,12-8+/t23-,26+,27-,31+,32+/m1/s1. The average molecular weight is 553 g/mol. The zero-order valence-electron chi connectivity index (χ0n) is 24.0. The highest BCUT2D eigenvalue weighted by molar-refractivity contribution is 5.93. The Bertz CT molecular complexity index is 1220. The molecule has 216 valence electrons. The van der Waals surface area contributed by atoms with E-state index in [1.165, 1.54) is 27.4 Å². The molecular formula is C32H40O8. The lowest BCUT2D eigenvalue weighted by molar-refractivity contribution is -0.168. The number of benzene rings is 1. The summed E-state index contributed by atoms with van der Waals surface area (Å²) in [6, 6.07) is 3.49. The largest absolute Gasteiger partial charge is 0.493 e. The van der Waals surface area contributed by atoms with Crippen molar-refractivity contribution in [2.75, 3.05) is 34.5 Å². The minimum Gasteiger partial charge on any atom is -0.493 e. The Kier molecular flexibility index (Phi) is 8.78. The third kappa shape index (κ3) is 5.55.